The molecule has 2 aliphatic carbocycles. The summed E-state index contributed by atoms with van der Waals surface area (Å²) in [5, 5.41) is 0. The third-order valence-electron chi connectivity index (χ3n) is 6.49. The van der Waals surface area contributed by atoms with Crippen LogP contribution >= 0.6 is 0 Å². The lowest BCUT2D eigenvalue weighted by molar-refractivity contribution is 0.114. The van der Waals surface area contributed by atoms with Crippen LogP contribution in [0.5, 0.6) is 0 Å². The molecule has 24 heavy (non-hydrogen) atoms. The van der Waals surface area contributed by atoms with E-state index in [4.69, 9.17) is 8.85 Å². The Balaban J connectivity index is 2.23. The highest BCUT2D eigenvalue weighted by Gasteiger charge is 2.54. The molecule has 2 fully saturated rings. The lowest BCUT2D eigenvalue weighted by Crippen LogP contribution is -2.53. The Kier molecular flexibility index (Phi) is 8.29. The summed E-state index contributed by atoms with van der Waals surface area (Å²) in [4.78, 5) is 0. The standard InChI is InChI=1S/C21H42O2Si/c1-6-12-22-24(20-10-8-9-11-20,23-16-17(3)7-2)21-14-18(4)13-19(5)15-21/h17-21H,6-16H2,1-5H3. The van der Waals surface area contributed by atoms with E-state index in [1.807, 2.05) is 0 Å². The summed E-state index contributed by atoms with van der Waals surface area (Å²) in [6.45, 7) is 13.6. The van der Waals surface area contributed by atoms with E-state index in [1.165, 1.54) is 51.4 Å². The lowest BCUT2D eigenvalue weighted by Gasteiger charge is -2.46. The van der Waals surface area contributed by atoms with Crippen LogP contribution in [0, 0.1) is 17.8 Å². The summed E-state index contributed by atoms with van der Waals surface area (Å²) in [5.41, 5.74) is 1.46. The van der Waals surface area contributed by atoms with Crippen molar-refractivity contribution in [2.75, 3.05) is 13.2 Å². The zero-order valence-electron chi connectivity index (χ0n) is 17.0. The summed E-state index contributed by atoms with van der Waals surface area (Å²) in [6, 6.07) is 0. The van der Waals surface area contributed by atoms with Crippen LogP contribution in [0.2, 0.25) is 11.1 Å². The van der Waals surface area contributed by atoms with Gasteiger partial charge in [0.05, 0.1) is 0 Å². The normalized spacial score (nSPS) is 32.6. The molecule has 0 spiro atoms. The van der Waals surface area contributed by atoms with Crippen molar-refractivity contribution in [3.05, 3.63) is 0 Å². The first kappa shape index (κ1) is 20.4. The van der Waals surface area contributed by atoms with Gasteiger partial charge < -0.3 is 8.85 Å². The van der Waals surface area contributed by atoms with Crippen molar-refractivity contribution in [1.29, 1.82) is 0 Å². The Morgan fingerprint density at radius 3 is 2.08 bits per heavy atom. The SMILES string of the molecule is CCCO[Si](OCC(C)CC)(C1CCCC1)C1CC(C)CC(C)C1. The Morgan fingerprint density at radius 1 is 0.917 bits per heavy atom. The molecule has 0 saturated heterocycles. The average Bonchev–Trinajstić information content (AvgIpc) is 3.09. The van der Waals surface area contributed by atoms with Gasteiger partial charge in [-0.05, 0) is 56.3 Å². The Labute approximate surface area is 152 Å². The van der Waals surface area contributed by atoms with Gasteiger partial charge in [-0.3, -0.25) is 0 Å². The maximum Gasteiger partial charge on any atom is 0.344 e. The van der Waals surface area contributed by atoms with E-state index < -0.39 is 8.56 Å². The molecular formula is C21H42O2Si. The highest BCUT2D eigenvalue weighted by molar-refractivity contribution is 6.70. The van der Waals surface area contributed by atoms with Gasteiger partial charge in [0.15, 0.2) is 0 Å². The van der Waals surface area contributed by atoms with Crippen molar-refractivity contribution in [1.82, 2.24) is 0 Å². The van der Waals surface area contributed by atoms with Gasteiger partial charge >= 0.3 is 8.56 Å². The third kappa shape index (κ3) is 5.08. The third-order valence-corrected chi connectivity index (χ3v) is 11.1. The minimum Gasteiger partial charge on any atom is -0.394 e. The van der Waals surface area contributed by atoms with Crippen LogP contribution in [0.15, 0.2) is 0 Å². The molecule has 2 saturated carbocycles. The van der Waals surface area contributed by atoms with Crippen LogP contribution in [0.1, 0.15) is 92.4 Å². The van der Waals surface area contributed by atoms with Gasteiger partial charge in [0.2, 0.25) is 0 Å². The average molecular weight is 355 g/mol. The maximum atomic E-state index is 6.92. The molecule has 0 bridgehead atoms. The second-order valence-electron chi connectivity index (χ2n) is 8.99. The molecule has 142 valence electrons. The van der Waals surface area contributed by atoms with Gasteiger partial charge in [0, 0.05) is 24.3 Å². The van der Waals surface area contributed by atoms with E-state index in [9.17, 15) is 0 Å². The quantitative estimate of drug-likeness (QED) is 0.429. The minimum atomic E-state index is -2.15. The fraction of sp³-hybridized carbons (Fsp3) is 1.00. The second-order valence-corrected chi connectivity index (χ2v) is 12.6. The van der Waals surface area contributed by atoms with Gasteiger partial charge in [-0.2, -0.15) is 0 Å². The molecule has 2 rings (SSSR count). The summed E-state index contributed by atoms with van der Waals surface area (Å²) in [6.07, 6.45) is 11.9. The molecule has 0 aliphatic heterocycles. The topological polar surface area (TPSA) is 18.5 Å². The van der Waals surface area contributed by atoms with E-state index in [0.717, 1.165) is 42.6 Å². The van der Waals surface area contributed by atoms with Gasteiger partial charge in [0.25, 0.3) is 0 Å². The minimum absolute atomic E-state index is 0.655. The fourth-order valence-corrected chi connectivity index (χ4v) is 10.5. The summed E-state index contributed by atoms with van der Waals surface area (Å²) in [5.74, 6) is 2.33. The van der Waals surface area contributed by atoms with E-state index >= 15 is 0 Å². The van der Waals surface area contributed by atoms with Crippen molar-refractivity contribution >= 4 is 8.56 Å². The smallest absolute Gasteiger partial charge is 0.344 e. The van der Waals surface area contributed by atoms with E-state index in [0.29, 0.717) is 5.92 Å². The molecule has 0 N–H and O–H groups in total. The summed E-state index contributed by atoms with van der Waals surface area (Å²) >= 11 is 0. The first-order valence-electron chi connectivity index (χ1n) is 10.8. The maximum absolute atomic E-state index is 6.92. The Hall–Kier alpha value is 0.137. The fourth-order valence-electron chi connectivity index (χ4n) is 5.10. The largest absolute Gasteiger partial charge is 0.394 e. The molecule has 2 nitrogen and oxygen atoms in total. The van der Waals surface area contributed by atoms with Crippen LogP contribution in [0.25, 0.3) is 0 Å². The highest BCUT2D eigenvalue weighted by atomic mass is 28.4. The van der Waals surface area contributed by atoms with Crippen molar-refractivity contribution in [2.24, 2.45) is 17.8 Å². The highest BCUT2D eigenvalue weighted by Crippen LogP contribution is 2.52. The molecule has 4 unspecified atom stereocenters. The second kappa shape index (κ2) is 9.73. The van der Waals surface area contributed by atoms with Gasteiger partial charge in [-0.1, -0.05) is 53.9 Å². The molecular weight excluding hydrogens is 312 g/mol. The zero-order valence-corrected chi connectivity index (χ0v) is 18.0. The van der Waals surface area contributed by atoms with Crippen LogP contribution in [-0.4, -0.2) is 21.8 Å². The molecule has 4 atom stereocenters. The molecule has 3 heteroatoms. The van der Waals surface area contributed by atoms with Gasteiger partial charge in [0.1, 0.15) is 0 Å². The van der Waals surface area contributed by atoms with Crippen molar-refractivity contribution in [3.8, 4) is 0 Å². The van der Waals surface area contributed by atoms with E-state index in [2.05, 4.69) is 34.6 Å². The summed E-state index contributed by atoms with van der Waals surface area (Å²) < 4.78 is 13.7. The van der Waals surface area contributed by atoms with Crippen molar-refractivity contribution < 1.29 is 8.85 Å². The first-order valence-corrected chi connectivity index (χ1v) is 12.8. The molecule has 0 aromatic heterocycles. The monoisotopic (exact) mass is 354 g/mol. The Morgan fingerprint density at radius 2 is 1.54 bits per heavy atom. The Bertz CT molecular complexity index is 346. The number of hydrogen-bond acceptors (Lipinski definition) is 2. The molecule has 0 radical (unpaired) electrons. The van der Waals surface area contributed by atoms with Crippen LogP contribution in [0.4, 0.5) is 0 Å². The molecule has 2 aliphatic rings. The predicted molar refractivity (Wildman–Crippen MR) is 106 cm³/mol. The predicted octanol–water partition coefficient (Wildman–Crippen LogP) is 6.69. The van der Waals surface area contributed by atoms with Gasteiger partial charge in [-0.15, -0.1) is 0 Å². The van der Waals surface area contributed by atoms with Crippen molar-refractivity contribution in [2.45, 2.75) is 103 Å². The number of hydrogen-bond donors (Lipinski definition) is 0. The molecule has 0 amide bonds. The molecule has 0 heterocycles. The summed E-state index contributed by atoms with van der Waals surface area (Å²) in [7, 11) is -2.15. The molecule has 0 aromatic rings. The molecule has 0 aromatic carbocycles. The van der Waals surface area contributed by atoms with Crippen LogP contribution in [0.3, 0.4) is 0 Å². The first-order chi connectivity index (χ1) is 11.5. The van der Waals surface area contributed by atoms with E-state index in [-0.39, 0.29) is 0 Å². The lowest BCUT2D eigenvalue weighted by atomic mass is 9.83. The van der Waals surface area contributed by atoms with Gasteiger partial charge in [-0.25, -0.2) is 0 Å². The number of rotatable bonds is 9. The van der Waals surface area contributed by atoms with Crippen LogP contribution in [-0.2, 0) is 8.85 Å². The van der Waals surface area contributed by atoms with E-state index in [1.54, 1.807) is 0 Å². The van der Waals surface area contributed by atoms with Crippen LogP contribution < -0.4 is 0 Å². The zero-order chi connectivity index (χ0) is 17.6. The van der Waals surface area contributed by atoms with Crippen molar-refractivity contribution in [3.63, 3.8) is 0 Å².